The van der Waals surface area contributed by atoms with E-state index < -0.39 is 0 Å². The number of benzene rings is 1. The molecule has 0 atom stereocenters. The molecular formula is C16H20N2O2S. The number of carbonyl (C=O) groups excluding carboxylic acids is 2. The predicted octanol–water partition coefficient (Wildman–Crippen LogP) is 2.83. The molecule has 5 heteroatoms. The van der Waals surface area contributed by atoms with E-state index in [1.807, 2.05) is 11.8 Å². The molecule has 0 bridgehead atoms. The van der Waals surface area contributed by atoms with Crippen molar-refractivity contribution < 1.29 is 9.59 Å². The molecule has 1 fully saturated rings. The molecule has 1 aromatic rings. The largest absolute Gasteiger partial charge is 0.351 e. The summed E-state index contributed by atoms with van der Waals surface area (Å²) in [4.78, 5) is 23.3. The summed E-state index contributed by atoms with van der Waals surface area (Å²) in [6.45, 7) is 4.10. The summed E-state index contributed by atoms with van der Waals surface area (Å²) in [5, 5.41) is 5.65. The predicted molar refractivity (Wildman–Crippen MR) is 87.7 cm³/mol. The van der Waals surface area contributed by atoms with Gasteiger partial charge in [0.1, 0.15) is 0 Å². The number of hydrogen-bond donors (Lipinski definition) is 2. The van der Waals surface area contributed by atoms with Crippen LogP contribution in [0, 0.1) is 0 Å². The van der Waals surface area contributed by atoms with Gasteiger partial charge in [-0.2, -0.15) is 11.8 Å². The zero-order valence-corrected chi connectivity index (χ0v) is 13.0. The summed E-state index contributed by atoms with van der Waals surface area (Å²) >= 11 is 1.84. The molecule has 2 amide bonds. The van der Waals surface area contributed by atoms with Crippen molar-refractivity contribution in [3.05, 3.63) is 42.5 Å². The molecule has 2 rings (SSSR count). The Morgan fingerprint density at radius 3 is 2.48 bits per heavy atom. The molecule has 1 aromatic carbocycles. The van der Waals surface area contributed by atoms with Gasteiger partial charge in [-0.15, -0.1) is 0 Å². The molecule has 4 nitrogen and oxygen atoms in total. The quantitative estimate of drug-likeness (QED) is 0.795. The third-order valence-electron chi connectivity index (χ3n) is 3.87. The highest BCUT2D eigenvalue weighted by Gasteiger charge is 2.36. The Morgan fingerprint density at radius 1 is 1.33 bits per heavy atom. The molecule has 112 valence electrons. The van der Waals surface area contributed by atoms with Crippen molar-refractivity contribution in [3.63, 3.8) is 0 Å². The van der Waals surface area contributed by atoms with Crippen molar-refractivity contribution >= 4 is 29.3 Å². The molecule has 1 saturated carbocycles. The Bertz CT molecular complexity index is 530. The lowest BCUT2D eigenvalue weighted by Crippen LogP contribution is -2.45. The van der Waals surface area contributed by atoms with E-state index in [4.69, 9.17) is 0 Å². The first kappa shape index (κ1) is 15.6. The molecule has 0 radical (unpaired) electrons. The number of amides is 2. The highest BCUT2D eigenvalue weighted by Crippen LogP contribution is 2.42. The maximum absolute atomic E-state index is 12.1. The summed E-state index contributed by atoms with van der Waals surface area (Å²) in [7, 11) is 0. The summed E-state index contributed by atoms with van der Waals surface area (Å²) in [5.41, 5.74) is 1.25. The van der Waals surface area contributed by atoms with Gasteiger partial charge in [-0.05, 0) is 49.4 Å². The standard InChI is InChI=1S/C16H20N2O2S/c1-3-14(19)18-13-7-5-12(6-8-13)15(20)17-11-16(21-2)9-4-10-16/h3,5-8H,1,4,9-11H2,2H3,(H,17,20)(H,18,19). The molecule has 2 N–H and O–H groups in total. The third-order valence-corrected chi connectivity index (χ3v) is 5.29. The van der Waals surface area contributed by atoms with Gasteiger partial charge in [0, 0.05) is 22.5 Å². The van der Waals surface area contributed by atoms with Crippen LogP contribution in [0.5, 0.6) is 0 Å². The van der Waals surface area contributed by atoms with Gasteiger partial charge in [0.15, 0.2) is 0 Å². The highest BCUT2D eigenvalue weighted by atomic mass is 32.2. The van der Waals surface area contributed by atoms with Crippen molar-refractivity contribution in [1.82, 2.24) is 5.32 Å². The van der Waals surface area contributed by atoms with Crippen LogP contribution in [0.1, 0.15) is 29.6 Å². The SMILES string of the molecule is C=CC(=O)Nc1ccc(C(=O)NCC2(SC)CCC2)cc1. The first-order valence-corrected chi connectivity index (χ1v) is 8.18. The van der Waals surface area contributed by atoms with E-state index in [0.29, 0.717) is 17.8 Å². The van der Waals surface area contributed by atoms with E-state index in [1.165, 1.54) is 25.3 Å². The van der Waals surface area contributed by atoms with Crippen LogP contribution >= 0.6 is 11.8 Å². The zero-order chi connectivity index (χ0) is 15.3. The lowest BCUT2D eigenvalue weighted by molar-refractivity contribution is -0.111. The number of thioether (sulfide) groups is 1. The number of hydrogen-bond acceptors (Lipinski definition) is 3. The van der Waals surface area contributed by atoms with Crippen LogP contribution in [0.25, 0.3) is 0 Å². The van der Waals surface area contributed by atoms with Gasteiger partial charge >= 0.3 is 0 Å². The lowest BCUT2D eigenvalue weighted by atomic mass is 9.84. The Balaban J connectivity index is 1.90. The smallest absolute Gasteiger partial charge is 0.251 e. The van der Waals surface area contributed by atoms with Crippen molar-refractivity contribution in [2.75, 3.05) is 18.1 Å². The summed E-state index contributed by atoms with van der Waals surface area (Å²) in [5.74, 6) is -0.337. The minimum absolute atomic E-state index is 0.0723. The van der Waals surface area contributed by atoms with Gasteiger partial charge in [0.05, 0.1) is 0 Å². The van der Waals surface area contributed by atoms with E-state index in [9.17, 15) is 9.59 Å². The zero-order valence-electron chi connectivity index (χ0n) is 12.1. The van der Waals surface area contributed by atoms with Crippen LogP contribution < -0.4 is 10.6 Å². The fourth-order valence-corrected chi connectivity index (χ4v) is 3.18. The van der Waals surface area contributed by atoms with Crippen LogP contribution in [-0.4, -0.2) is 29.4 Å². The fourth-order valence-electron chi connectivity index (χ4n) is 2.27. The second kappa shape index (κ2) is 6.80. The molecule has 0 aromatic heterocycles. The van der Waals surface area contributed by atoms with E-state index in [1.54, 1.807) is 24.3 Å². The molecule has 1 aliphatic carbocycles. The molecule has 0 aliphatic heterocycles. The van der Waals surface area contributed by atoms with Crippen LogP contribution in [0.15, 0.2) is 36.9 Å². The number of anilines is 1. The Hall–Kier alpha value is -1.75. The third kappa shape index (κ3) is 3.88. The van der Waals surface area contributed by atoms with Gasteiger partial charge < -0.3 is 10.6 Å². The topological polar surface area (TPSA) is 58.2 Å². The van der Waals surface area contributed by atoms with Crippen molar-refractivity contribution in [3.8, 4) is 0 Å². The Kier molecular flexibility index (Phi) is 5.07. The molecule has 0 saturated heterocycles. The fraction of sp³-hybridized carbons (Fsp3) is 0.375. The van der Waals surface area contributed by atoms with Gasteiger partial charge in [-0.3, -0.25) is 9.59 Å². The van der Waals surface area contributed by atoms with Crippen LogP contribution in [-0.2, 0) is 4.79 Å². The van der Waals surface area contributed by atoms with Crippen LogP contribution in [0.2, 0.25) is 0 Å². The lowest BCUT2D eigenvalue weighted by Gasteiger charge is -2.40. The second-order valence-corrected chi connectivity index (χ2v) is 6.47. The van der Waals surface area contributed by atoms with Crippen LogP contribution in [0.4, 0.5) is 5.69 Å². The first-order chi connectivity index (χ1) is 10.1. The van der Waals surface area contributed by atoms with Gasteiger partial charge in [-0.25, -0.2) is 0 Å². The normalized spacial score (nSPS) is 15.7. The second-order valence-electron chi connectivity index (χ2n) is 5.19. The van der Waals surface area contributed by atoms with E-state index in [-0.39, 0.29) is 16.6 Å². The number of carbonyl (C=O) groups is 2. The maximum Gasteiger partial charge on any atom is 0.251 e. The van der Waals surface area contributed by atoms with E-state index in [2.05, 4.69) is 23.5 Å². The van der Waals surface area contributed by atoms with Crippen LogP contribution in [0.3, 0.4) is 0 Å². The Morgan fingerprint density at radius 2 is 2.00 bits per heavy atom. The van der Waals surface area contributed by atoms with Crippen molar-refractivity contribution in [2.24, 2.45) is 0 Å². The molecule has 1 aliphatic rings. The molecule has 21 heavy (non-hydrogen) atoms. The summed E-state index contributed by atoms with van der Waals surface area (Å²) in [6, 6.07) is 6.84. The minimum atomic E-state index is -0.265. The first-order valence-electron chi connectivity index (χ1n) is 6.95. The molecule has 0 heterocycles. The van der Waals surface area contributed by atoms with Gasteiger partial charge in [0.25, 0.3) is 5.91 Å². The maximum atomic E-state index is 12.1. The monoisotopic (exact) mass is 304 g/mol. The van der Waals surface area contributed by atoms with Crippen molar-refractivity contribution in [1.29, 1.82) is 0 Å². The van der Waals surface area contributed by atoms with E-state index >= 15 is 0 Å². The average molecular weight is 304 g/mol. The van der Waals surface area contributed by atoms with Crippen molar-refractivity contribution in [2.45, 2.75) is 24.0 Å². The number of nitrogens with one attached hydrogen (secondary N) is 2. The van der Waals surface area contributed by atoms with Gasteiger partial charge in [-0.1, -0.05) is 13.0 Å². The molecule has 0 unspecified atom stereocenters. The summed E-state index contributed by atoms with van der Waals surface area (Å²) in [6.07, 6.45) is 6.89. The van der Waals surface area contributed by atoms with Gasteiger partial charge in [0.2, 0.25) is 5.91 Å². The molecular weight excluding hydrogens is 284 g/mol. The number of rotatable bonds is 6. The average Bonchev–Trinajstić information content (AvgIpc) is 2.47. The highest BCUT2D eigenvalue weighted by molar-refractivity contribution is 8.00. The van der Waals surface area contributed by atoms with E-state index in [0.717, 1.165) is 0 Å². The minimum Gasteiger partial charge on any atom is -0.351 e. The summed E-state index contributed by atoms with van der Waals surface area (Å²) < 4.78 is 0.230. The molecule has 0 spiro atoms. The Labute approximate surface area is 129 Å².